The van der Waals surface area contributed by atoms with Crippen LogP contribution in [0.4, 0.5) is 10.1 Å². The van der Waals surface area contributed by atoms with Crippen LogP contribution in [0.3, 0.4) is 0 Å². The summed E-state index contributed by atoms with van der Waals surface area (Å²) in [6.45, 7) is 6.45. The molecule has 0 saturated heterocycles. The fraction of sp³-hybridized carbons (Fsp3) is 0.310. The lowest BCUT2D eigenvalue weighted by atomic mass is 10.1. The van der Waals surface area contributed by atoms with Gasteiger partial charge in [-0.05, 0) is 63.1 Å². The average molecular weight is 574 g/mol. The van der Waals surface area contributed by atoms with E-state index < -0.39 is 45.8 Å². The van der Waals surface area contributed by atoms with E-state index in [4.69, 9.17) is 11.6 Å². The molecule has 0 unspecified atom stereocenters. The van der Waals surface area contributed by atoms with E-state index in [0.29, 0.717) is 10.6 Å². The van der Waals surface area contributed by atoms with Crippen molar-refractivity contribution in [2.45, 2.75) is 57.1 Å². The summed E-state index contributed by atoms with van der Waals surface area (Å²) in [6.07, 6.45) is 0.253. The van der Waals surface area contributed by atoms with Crippen LogP contribution in [0.15, 0.2) is 83.8 Å². The zero-order valence-electron chi connectivity index (χ0n) is 22.4. The van der Waals surface area contributed by atoms with Crippen LogP contribution in [0.1, 0.15) is 39.7 Å². The van der Waals surface area contributed by atoms with Crippen LogP contribution in [0.25, 0.3) is 0 Å². The topological polar surface area (TPSA) is 86.8 Å². The minimum atomic E-state index is -4.35. The van der Waals surface area contributed by atoms with Crippen LogP contribution < -0.4 is 9.62 Å². The van der Waals surface area contributed by atoms with Gasteiger partial charge < -0.3 is 10.2 Å². The Kier molecular flexibility index (Phi) is 9.74. The smallest absolute Gasteiger partial charge is 0.264 e. The van der Waals surface area contributed by atoms with Crippen LogP contribution in [-0.2, 0) is 26.2 Å². The number of benzene rings is 3. The van der Waals surface area contributed by atoms with E-state index in [1.54, 1.807) is 49.4 Å². The summed E-state index contributed by atoms with van der Waals surface area (Å²) in [5.41, 5.74) is -0.267. The number of rotatable bonds is 10. The summed E-state index contributed by atoms with van der Waals surface area (Å²) >= 11 is 6.39. The highest BCUT2D eigenvalue weighted by Crippen LogP contribution is 2.27. The molecule has 10 heteroatoms. The molecule has 0 aliphatic heterocycles. The summed E-state index contributed by atoms with van der Waals surface area (Å²) in [5.74, 6) is -1.89. The van der Waals surface area contributed by atoms with Crippen LogP contribution in [-0.4, -0.2) is 43.3 Å². The van der Waals surface area contributed by atoms with Gasteiger partial charge in [-0.15, -0.1) is 0 Å². The maximum Gasteiger partial charge on any atom is 0.264 e. The molecular formula is C29H33ClFN3O4S. The van der Waals surface area contributed by atoms with Crippen molar-refractivity contribution in [2.24, 2.45) is 0 Å². The molecule has 1 atom stereocenters. The first kappa shape index (κ1) is 30.1. The van der Waals surface area contributed by atoms with Crippen LogP contribution >= 0.6 is 11.6 Å². The number of para-hydroxylation sites is 1. The van der Waals surface area contributed by atoms with E-state index in [0.717, 1.165) is 10.4 Å². The summed E-state index contributed by atoms with van der Waals surface area (Å²) < 4.78 is 43.1. The molecule has 208 valence electrons. The number of hydrogen-bond acceptors (Lipinski definition) is 4. The second kappa shape index (κ2) is 12.6. The Morgan fingerprint density at radius 3 is 2.13 bits per heavy atom. The lowest BCUT2D eigenvalue weighted by Crippen LogP contribution is -2.55. The van der Waals surface area contributed by atoms with E-state index in [1.807, 2.05) is 20.8 Å². The molecule has 0 saturated carbocycles. The molecule has 0 fully saturated rings. The third kappa shape index (κ3) is 7.58. The number of halogens is 2. The number of anilines is 1. The molecular weight excluding hydrogens is 541 g/mol. The Labute approximate surface area is 234 Å². The van der Waals surface area contributed by atoms with Crippen molar-refractivity contribution in [1.29, 1.82) is 0 Å². The van der Waals surface area contributed by atoms with E-state index in [-0.39, 0.29) is 23.5 Å². The molecule has 0 radical (unpaired) electrons. The van der Waals surface area contributed by atoms with Crippen molar-refractivity contribution in [1.82, 2.24) is 10.2 Å². The highest BCUT2D eigenvalue weighted by Gasteiger charge is 2.35. The first-order valence-electron chi connectivity index (χ1n) is 12.5. The van der Waals surface area contributed by atoms with Gasteiger partial charge in [-0.1, -0.05) is 67.1 Å². The Hall–Kier alpha value is -3.43. The largest absolute Gasteiger partial charge is 0.350 e. The molecule has 3 rings (SSSR count). The number of nitrogens with zero attached hydrogens (tertiary/aromatic N) is 2. The standard InChI is InChI=1S/C29H33ClFN3O4S/c1-5-25(28(36)32-29(2,3)4)33(19-21-13-9-10-16-23(21)30)27(35)20-34(26-18-12-11-17-24(26)31)39(37,38)22-14-7-6-8-15-22/h6-18,25H,5,19-20H2,1-4H3,(H,32,36)/t25-/m0/s1. The molecule has 3 aromatic rings. The van der Waals surface area contributed by atoms with Gasteiger partial charge in [0.1, 0.15) is 18.4 Å². The Morgan fingerprint density at radius 2 is 1.54 bits per heavy atom. The normalized spacial score (nSPS) is 12.5. The van der Waals surface area contributed by atoms with Gasteiger partial charge in [0.15, 0.2) is 0 Å². The molecule has 1 N–H and O–H groups in total. The summed E-state index contributed by atoms with van der Waals surface area (Å²) in [5, 5.41) is 3.29. The highest BCUT2D eigenvalue weighted by molar-refractivity contribution is 7.92. The molecule has 7 nitrogen and oxygen atoms in total. The molecule has 0 bridgehead atoms. The second-order valence-corrected chi connectivity index (χ2v) is 12.3. The average Bonchev–Trinajstić information content (AvgIpc) is 2.88. The van der Waals surface area contributed by atoms with Crippen molar-refractivity contribution in [2.75, 3.05) is 10.8 Å². The number of hydrogen-bond donors (Lipinski definition) is 1. The van der Waals surface area contributed by atoms with Gasteiger partial charge in [-0.3, -0.25) is 13.9 Å². The number of sulfonamides is 1. The van der Waals surface area contributed by atoms with Gasteiger partial charge >= 0.3 is 0 Å². The Morgan fingerprint density at radius 1 is 0.949 bits per heavy atom. The van der Waals surface area contributed by atoms with Crippen LogP contribution in [0.2, 0.25) is 5.02 Å². The van der Waals surface area contributed by atoms with Gasteiger partial charge in [0.2, 0.25) is 11.8 Å². The SMILES string of the molecule is CC[C@@H](C(=O)NC(C)(C)C)N(Cc1ccccc1Cl)C(=O)CN(c1ccccc1F)S(=O)(=O)c1ccccc1. The number of amides is 2. The van der Waals surface area contributed by atoms with Crippen LogP contribution in [0, 0.1) is 5.82 Å². The number of carbonyl (C=O) groups excluding carboxylic acids is 2. The minimum absolute atomic E-state index is 0.0505. The quantitative estimate of drug-likeness (QED) is 0.352. The molecule has 2 amide bonds. The number of carbonyl (C=O) groups is 2. The molecule has 0 aliphatic carbocycles. The Bertz CT molecular complexity index is 1410. The van der Waals surface area contributed by atoms with Crippen LogP contribution in [0.5, 0.6) is 0 Å². The maximum absolute atomic E-state index is 15.0. The van der Waals surface area contributed by atoms with Crippen molar-refractivity contribution in [3.05, 3.63) is 95.3 Å². The lowest BCUT2D eigenvalue weighted by molar-refractivity contribution is -0.141. The van der Waals surface area contributed by atoms with Gasteiger partial charge in [0.05, 0.1) is 10.6 Å². The van der Waals surface area contributed by atoms with Gasteiger partial charge in [0.25, 0.3) is 10.0 Å². The third-order valence-corrected chi connectivity index (χ3v) is 8.06. The Balaban J connectivity index is 2.09. The highest BCUT2D eigenvalue weighted by atomic mass is 35.5. The predicted molar refractivity (Wildman–Crippen MR) is 151 cm³/mol. The zero-order chi connectivity index (χ0) is 28.8. The molecule has 0 aromatic heterocycles. The monoisotopic (exact) mass is 573 g/mol. The lowest BCUT2D eigenvalue weighted by Gasteiger charge is -2.35. The molecule has 3 aromatic carbocycles. The van der Waals surface area contributed by atoms with E-state index >= 15 is 0 Å². The van der Waals surface area contributed by atoms with Crippen molar-refractivity contribution >= 4 is 39.1 Å². The number of nitrogens with one attached hydrogen (secondary N) is 1. The first-order chi connectivity index (χ1) is 18.3. The van der Waals surface area contributed by atoms with Crippen molar-refractivity contribution in [3.8, 4) is 0 Å². The first-order valence-corrected chi connectivity index (χ1v) is 14.3. The van der Waals surface area contributed by atoms with E-state index in [2.05, 4.69) is 5.32 Å². The van der Waals surface area contributed by atoms with Gasteiger partial charge in [-0.2, -0.15) is 0 Å². The fourth-order valence-corrected chi connectivity index (χ4v) is 5.71. The summed E-state index contributed by atoms with van der Waals surface area (Å²) in [7, 11) is -4.35. The molecule has 0 aliphatic rings. The molecule has 39 heavy (non-hydrogen) atoms. The maximum atomic E-state index is 15.0. The van der Waals surface area contributed by atoms with Crippen molar-refractivity contribution in [3.63, 3.8) is 0 Å². The fourth-order valence-electron chi connectivity index (χ4n) is 4.07. The van der Waals surface area contributed by atoms with Crippen molar-refractivity contribution < 1.29 is 22.4 Å². The van der Waals surface area contributed by atoms with Gasteiger partial charge in [0, 0.05) is 17.1 Å². The zero-order valence-corrected chi connectivity index (χ0v) is 24.0. The summed E-state index contributed by atoms with van der Waals surface area (Å²) in [6, 6.07) is 18.8. The van der Waals surface area contributed by atoms with E-state index in [1.165, 1.54) is 35.2 Å². The minimum Gasteiger partial charge on any atom is -0.350 e. The van der Waals surface area contributed by atoms with E-state index in [9.17, 15) is 22.4 Å². The van der Waals surface area contributed by atoms with Gasteiger partial charge in [-0.25, -0.2) is 12.8 Å². The molecule has 0 spiro atoms. The summed E-state index contributed by atoms with van der Waals surface area (Å²) in [4.78, 5) is 28.5. The predicted octanol–water partition coefficient (Wildman–Crippen LogP) is 5.40. The second-order valence-electron chi connectivity index (χ2n) is 10.1. The third-order valence-electron chi connectivity index (χ3n) is 5.91. The molecule has 0 heterocycles.